The van der Waals surface area contributed by atoms with E-state index in [2.05, 4.69) is 10.6 Å². The molecule has 0 aromatic heterocycles. The molecule has 5 heteroatoms. The quantitative estimate of drug-likeness (QED) is 0.731. The molecule has 0 saturated heterocycles. The van der Waals surface area contributed by atoms with Crippen LogP contribution in [0.1, 0.15) is 28.8 Å². The van der Waals surface area contributed by atoms with Crippen LogP contribution in [-0.4, -0.2) is 23.1 Å². The third-order valence-corrected chi connectivity index (χ3v) is 3.16. The average molecular weight is 260 g/mol. The predicted octanol–water partition coefficient (Wildman–Crippen LogP) is 2.53. The van der Waals surface area contributed by atoms with Gasteiger partial charge in [-0.2, -0.15) is 0 Å². The Kier molecular flexibility index (Phi) is 3.85. The number of carboxylic acids is 1. The minimum Gasteiger partial charge on any atom is -0.478 e. The molecule has 2 amide bonds. The van der Waals surface area contributed by atoms with E-state index in [1.54, 1.807) is 19.1 Å². The van der Waals surface area contributed by atoms with Crippen LogP contribution >= 0.6 is 0 Å². The van der Waals surface area contributed by atoms with Crippen molar-refractivity contribution in [2.24, 2.45) is 0 Å². The summed E-state index contributed by atoms with van der Waals surface area (Å²) in [6.45, 7) is 1.68. The molecular weight excluding hydrogens is 244 g/mol. The fraction of sp³-hybridized carbons (Fsp3) is 0.286. The number of aromatic carboxylic acids is 1. The summed E-state index contributed by atoms with van der Waals surface area (Å²) in [5.74, 6) is -0.999. The molecule has 0 atom stereocenters. The Morgan fingerprint density at radius 1 is 1.26 bits per heavy atom. The van der Waals surface area contributed by atoms with Gasteiger partial charge in [0.15, 0.2) is 0 Å². The molecule has 0 heterocycles. The maximum absolute atomic E-state index is 11.8. The Morgan fingerprint density at radius 3 is 2.58 bits per heavy atom. The largest absolute Gasteiger partial charge is 0.478 e. The SMILES string of the molecule is Cc1c(NC(=O)NC2CC=CC2)cccc1C(=O)O. The second-order valence-corrected chi connectivity index (χ2v) is 4.52. The lowest BCUT2D eigenvalue weighted by Gasteiger charge is -2.15. The van der Waals surface area contributed by atoms with E-state index in [4.69, 9.17) is 5.11 Å². The van der Waals surface area contributed by atoms with Crippen LogP contribution in [0.3, 0.4) is 0 Å². The van der Waals surface area contributed by atoms with Crippen LogP contribution in [0, 0.1) is 6.92 Å². The number of carbonyl (C=O) groups is 2. The number of benzene rings is 1. The predicted molar refractivity (Wildman–Crippen MR) is 72.5 cm³/mol. The molecule has 1 aliphatic rings. The zero-order valence-electron chi connectivity index (χ0n) is 10.6. The standard InChI is InChI=1S/C14H16N2O3/c1-9-11(13(17)18)7-4-8-12(9)16-14(19)15-10-5-2-3-6-10/h2-4,7-8,10H,5-6H2,1H3,(H,17,18)(H2,15,16,19). The highest BCUT2D eigenvalue weighted by Crippen LogP contribution is 2.19. The van der Waals surface area contributed by atoms with Gasteiger partial charge >= 0.3 is 12.0 Å². The van der Waals surface area contributed by atoms with Gasteiger partial charge in [-0.15, -0.1) is 0 Å². The van der Waals surface area contributed by atoms with Gasteiger partial charge in [0.05, 0.1) is 5.56 Å². The Labute approximate surface area is 111 Å². The van der Waals surface area contributed by atoms with Gasteiger partial charge in [0.2, 0.25) is 0 Å². The van der Waals surface area contributed by atoms with Crippen LogP contribution in [0.2, 0.25) is 0 Å². The fourth-order valence-electron chi connectivity index (χ4n) is 2.08. The minimum atomic E-state index is -0.999. The maximum atomic E-state index is 11.8. The van der Waals surface area contributed by atoms with E-state index in [0.717, 1.165) is 12.8 Å². The first-order valence-electron chi connectivity index (χ1n) is 6.13. The number of carbonyl (C=O) groups excluding carboxylic acids is 1. The Bertz CT molecular complexity index is 529. The zero-order chi connectivity index (χ0) is 13.8. The van der Waals surface area contributed by atoms with E-state index in [9.17, 15) is 9.59 Å². The first-order chi connectivity index (χ1) is 9.08. The molecule has 0 bridgehead atoms. The summed E-state index contributed by atoms with van der Waals surface area (Å²) < 4.78 is 0. The van der Waals surface area contributed by atoms with Crippen molar-refractivity contribution >= 4 is 17.7 Å². The Balaban J connectivity index is 2.04. The van der Waals surface area contributed by atoms with Crippen LogP contribution in [0.4, 0.5) is 10.5 Å². The fourth-order valence-corrected chi connectivity index (χ4v) is 2.08. The van der Waals surface area contributed by atoms with Crippen molar-refractivity contribution < 1.29 is 14.7 Å². The van der Waals surface area contributed by atoms with Gasteiger partial charge in [-0.3, -0.25) is 0 Å². The molecule has 0 fully saturated rings. The molecule has 1 aromatic rings. The summed E-state index contributed by atoms with van der Waals surface area (Å²) in [4.78, 5) is 22.8. The lowest BCUT2D eigenvalue weighted by atomic mass is 10.1. The van der Waals surface area contributed by atoms with Gasteiger partial charge in [0, 0.05) is 11.7 Å². The maximum Gasteiger partial charge on any atom is 0.336 e. The molecule has 1 aliphatic carbocycles. The van der Waals surface area contributed by atoms with Crippen LogP contribution < -0.4 is 10.6 Å². The number of hydrogen-bond donors (Lipinski definition) is 3. The van der Waals surface area contributed by atoms with Gasteiger partial charge in [0.25, 0.3) is 0 Å². The number of nitrogens with one attached hydrogen (secondary N) is 2. The van der Waals surface area contributed by atoms with E-state index in [0.29, 0.717) is 11.3 Å². The number of rotatable bonds is 3. The zero-order valence-corrected chi connectivity index (χ0v) is 10.6. The number of amides is 2. The molecule has 0 spiro atoms. The first-order valence-corrected chi connectivity index (χ1v) is 6.13. The van der Waals surface area contributed by atoms with Crippen molar-refractivity contribution in [3.63, 3.8) is 0 Å². The molecular formula is C14H16N2O3. The molecule has 1 aromatic carbocycles. The molecule has 0 unspecified atom stereocenters. The van der Waals surface area contributed by atoms with E-state index >= 15 is 0 Å². The molecule has 100 valence electrons. The van der Waals surface area contributed by atoms with Crippen molar-refractivity contribution in [3.05, 3.63) is 41.5 Å². The molecule has 0 saturated carbocycles. The van der Waals surface area contributed by atoms with Gasteiger partial charge in [-0.1, -0.05) is 18.2 Å². The smallest absolute Gasteiger partial charge is 0.336 e. The monoisotopic (exact) mass is 260 g/mol. The summed E-state index contributed by atoms with van der Waals surface area (Å²) in [5, 5.41) is 14.6. The summed E-state index contributed by atoms with van der Waals surface area (Å²) >= 11 is 0. The van der Waals surface area contributed by atoms with Crippen molar-refractivity contribution in [2.45, 2.75) is 25.8 Å². The van der Waals surface area contributed by atoms with Crippen molar-refractivity contribution in [1.29, 1.82) is 0 Å². The van der Waals surface area contributed by atoms with Crippen molar-refractivity contribution in [2.75, 3.05) is 5.32 Å². The highest BCUT2D eigenvalue weighted by Gasteiger charge is 2.15. The van der Waals surface area contributed by atoms with Crippen molar-refractivity contribution in [3.8, 4) is 0 Å². The third kappa shape index (κ3) is 3.13. The second-order valence-electron chi connectivity index (χ2n) is 4.52. The molecule has 0 radical (unpaired) electrons. The summed E-state index contributed by atoms with van der Waals surface area (Å²) in [7, 11) is 0. The lowest BCUT2D eigenvalue weighted by Crippen LogP contribution is -2.36. The number of carboxylic acid groups (broad SMARTS) is 1. The highest BCUT2D eigenvalue weighted by atomic mass is 16.4. The highest BCUT2D eigenvalue weighted by molar-refractivity contribution is 5.95. The second kappa shape index (κ2) is 5.56. The Morgan fingerprint density at radius 2 is 1.95 bits per heavy atom. The topological polar surface area (TPSA) is 78.4 Å². The van der Waals surface area contributed by atoms with Crippen LogP contribution in [-0.2, 0) is 0 Å². The first kappa shape index (κ1) is 13.1. The summed E-state index contributed by atoms with van der Waals surface area (Å²) in [6, 6.07) is 4.64. The summed E-state index contributed by atoms with van der Waals surface area (Å²) in [5.41, 5.74) is 1.26. The summed E-state index contributed by atoms with van der Waals surface area (Å²) in [6.07, 6.45) is 5.73. The molecule has 5 nitrogen and oxygen atoms in total. The van der Waals surface area contributed by atoms with Crippen LogP contribution in [0.15, 0.2) is 30.4 Å². The molecule has 19 heavy (non-hydrogen) atoms. The van der Waals surface area contributed by atoms with E-state index in [1.807, 2.05) is 12.2 Å². The molecule has 0 aliphatic heterocycles. The van der Waals surface area contributed by atoms with Gasteiger partial charge in [-0.25, -0.2) is 9.59 Å². The average Bonchev–Trinajstić information content (AvgIpc) is 2.84. The van der Waals surface area contributed by atoms with Gasteiger partial charge in [0.1, 0.15) is 0 Å². The minimum absolute atomic E-state index is 0.128. The van der Waals surface area contributed by atoms with Crippen molar-refractivity contribution in [1.82, 2.24) is 5.32 Å². The van der Waals surface area contributed by atoms with E-state index < -0.39 is 5.97 Å². The lowest BCUT2D eigenvalue weighted by molar-refractivity contribution is 0.0696. The van der Waals surface area contributed by atoms with Crippen LogP contribution in [0.5, 0.6) is 0 Å². The number of hydrogen-bond acceptors (Lipinski definition) is 2. The number of anilines is 1. The van der Waals surface area contributed by atoms with E-state index in [1.165, 1.54) is 6.07 Å². The normalized spacial score (nSPS) is 14.4. The third-order valence-electron chi connectivity index (χ3n) is 3.16. The van der Waals surface area contributed by atoms with Gasteiger partial charge < -0.3 is 15.7 Å². The number of urea groups is 1. The van der Waals surface area contributed by atoms with Crippen LogP contribution in [0.25, 0.3) is 0 Å². The van der Waals surface area contributed by atoms with E-state index in [-0.39, 0.29) is 17.6 Å². The Hall–Kier alpha value is -2.30. The molecule has 2 rings (SSSR count). The van der Waals surface area contributed by atoms with Gasteiger partial charge in [-0.05, 0) is 37.5 Å². The molecule has 3 N–H and O–H groups in total.